The maximum atomic E-state index is 11.2. The van der Waals surface area contributed by atoms with E-state index >= 15 is 0 Å². The average molecular weight is 264 g/mol. The second-order valence-corrected chi connectivity index (χ2v) is 5.00. The Hall–Kier alpha value is -1.69. The molecule has 1 atom stereocenters. The highest BCUT2D eigenvalue weighted by molar-refractivity contribution is 5.74. The van der Waals surface area contributed by atoms with Gasteiger partial charge in [0.05, 0.1) is 7.11 Å². The third kappa shape index (κ3) is 3.41. The molecule has 1 aliphatic rings. The zero-order chi connectivity index (χ0) is 13.8. The number of carbonyl (C=O) groups excluding carboxylic acids is 1. The lowest BCUT2D eigenvalue weighted by atomic mass is 10.0. The molecule has 1 aromatic rings. The molecule has 1 fully saturated rings. The van der Waals surface area contributed by atoms with Crippen molar-refractivity contribution in [2.24, 2.45) is 0 Å². The first-order valence-electron chi connectivity index (χ1n) is 6.38. The molecule has 0 spiro atoms. The number of nitrogens with zero attached hydrogens (tertiary/aromatic N) is 4. The van der Waals surface area contributed by atoms with E-state index in [1.54, 1.807) is 11.9 Å². The molecule has 1 aromatic heterocycles. The molecule has 0 radical (unpaired) electrons. The molecular formula is C13H20N4O2. The second-order valence-electron chi connectivity index (χ2n) is 5.00. The Morgan fingerprint density at radius 3 is 2.74 bits per heavy atom. The Morgan fingerprint density at radius 1 is 1.53 bits per heavy atom. The van der Waals surface area contributed by atoms with Crippen molar-refractivity contribution >= 4 is 11.9 Å². The smallest absolute Gasteiger partial charge is 0.325 e. The van der Waals surface area contributed by atoms with Gasteiger partial charge in [-0.2, -0.15) is 0 Å². The summed E-state index contributed by atoms with van der Waals surface area (Å²) in [7, 11) is 5.27. The summed E-state index contributed by atoms with van der Waals surface area (Å²) in [5.74, 6) is 0.762. The molecular weight excluding hydrogens is 244 g/mol. The Bertz CT molecular complexity index is 435. The van der Waals surface area contributed by atoms with Crippen LogP contribution in [0.2, 0.25) is 0 Å². The quantitative estimate of drug-likeness (QED) is 0.738. The summed E-state index contributed by atoms with van der Waals surface area (Å²) in [5.41, 5.74) is 1.17. The van der Waals surface area contributed by atoms with Crippen LogP contribution in [0.25, 0.3) is 0 Å². The molecule has 2 heterocycles. The summed E-state index contributed by atoms with van der Waals surface area (Å²) in [6.07, 6.45) is 4.87. The average Bonchev–Trinajstić information content (AvgIpc) is 2.85. The molecule has 2 rings (SSSR count). The van der Waals surface area contributed by atoms with Gasteiger partial charge in [-0.05, 0) is 25.6 Å². The highest BCUT2D eigenvalue weighted by Crippen LogP contribution is 2.25. The van der Waals surface area contributed by atoms with Crippen LogP contribution in [0.1, 0.15) is 17.9 Å². The summed E-state index contributed by atoms with van der Waals surface area (Å²) in [6, 6.07) is 0. The summed E-state index contributed by atoms with van der Waals surface area (Å²) in [6.45, 7) is 2.33. The van der Waals surface area contributed by atoms with Crippen molar-refractivity contribution in [3.05, 3.63) is 18.0 Å². The number of anilines is 1. The lowest BCUT2D eigenvalue weighted by molar-refractivity contribution is -0.138. The molecule has 19 heavy (non-hydrogen) atoms. The van der Waals surface area contributed by atoms with Crippen molar-refractivity contribution in [2.75, 3.05) is 45.7 Å². The molecule has 0 amide bonds. The van der Waals surface area contributed by atoms with E-state index in [4.69, 9.17) is 0 Å². The molecule has 0 aliphatic carbocycles. The van der Waals surface area contributed by atoms with Gasteiger partial charge in [-0.15, -0.1) is 0 Å². The van der Waals surface area contributed by atoms with Crippen LogP contribution in [0.4, 0.5) is 5.95 Å². The second kappa shape index (κ2) is 5.97. The molecule has 1 aliphatic heterocycles. The van der Waals surface area contributed by atoms with Crippen LogP contribution in [-0.2, 0) is 9.53 Å². The summed E-state index contributed by atoms with van der Waals surface area (Å²) >= 11 is 0. The maximum Gasteiger partial charge on any atom is 0.325 e. The van der Waals surface area contributed by atoms with Gasteiger partial charge >= 0.3 is 5.97 Å². The van der Waals surface area contributed by atoms with Crippen LogP contribution < -0.4 is 4.90 Å². The van der Waals surface area contributed by atoms with Gasteiger partial charge in [0.2, 0.25) is 5.95 Å². The predicted octanol–water partition coefficient (Wildman–Crippen LogP) is 0.505. The van der Waals surface area contributed by atoms with E-state index in [2.05, 4.69) is 26.7 Å². The Kier molecular flexibility index (Phi) is 4.31. The fourth-order valence-electron chi connectivity index (χ4n) is 2.28. The first-order chi connectivity index (χ1) is 9.10. The minimum absolute atomic E-state index is 0.155. The number of hydrogen-bond donors (Lipinski definition) is 0. The summed E-state index contributed by atoms with van der Waals surface area (Å²) < 4.78 is 4.62. The van der Waals surface area contributed by atoms with Crippen molar-refractivity contribution in [1.29, 1.82) is 0 Å². The number of hydrogen-bond acceptors (Lipinski definition) is 6. The van der Waals surface area contributed by atoms with E-state index in [1.807, 2.05) is 12.4 Å². The number of aromatic nitrogens is 2. The predicted molar refractivity (Wildman–Crippen MR) is 72.2 cm³/mol. The van der Waals surface area contributed by atoms with Crippen molar-refractivity contribution < 1.29 is 9.53 Å². The van der Waals surface area contributed by atoms with Crippen LogP contribution in [0.15, 0.2) is 12.4 Å². The fraction of sp³-hybridized carbons (Fsp3) is 0.615. The van der Waals surface area contributed by atoms with Gasteiger partial charge in [0.25, 0.3) is 0 Å². The number of likely N-dealkylation sites (tertiary alicyclic amines) is 1. The summed E-state index contributed by atoms with van der Waals surface area (Å²) in [5, 5.41) is 0. The SMILES string of the molecule is COC(=O)CN(C)c1ncc(C2CCN(C)C2)cn1. The largest absolute Gasteiger partial charge is 0.468 e. The molecule has 0 N–H and O–H groups in total. The Balaban J connectivity index is 2.00. The van der Waals surface area contributed by atoms with Gasteiger partial charge in [0, 0.05) is 31.9 Å². The third-order valence-electron chi connectivity index (χ3n) is 3.46. The van der Waals surface area contributed by atoms with Gasteiger partial charge < -0.3 is 14.5 Å². The topological polar surface area (TPSA) is 58.6 Å². The van der Waals surface area contributed by atoms with Gasteiger partial charge in [0.15, 0.2) is 0 Å². The van der Waals surface area contributed by atoms with E-state index in [0.717, 1.165) is 19.5 Å². The number of esters is 1. The molecule has 0 bridgehead atoms. The third-order valence-corrected chi connectivity index (χ3v) is 3.46. The lowest BCUT2D eigenvalue weighted by Crippen LogP contribution is -2.28. The normalized spacial score (nSPS) is 19.4. The highest BCUT2D eigenvalue weighted by Gasteiger charge is 2.21. The van der Waals surface area contributed by atoms with Crippen LogP contribution in [0, 0.1) is 0 Å². The zero-order valence-electron chi connectivity index (χ0n) is 11.7. The number of likely N-dealkylation sites (N-methyl/N-ethyl adjacent to an activating group) is 2. The van der Waals surface area contributed by atoms with E-state index < -0.39 is 0 Å². The van der Waals surface area contributed by atoms with Gasteiger partial charge in [-0.3, -0.25) is 4.79 Å². The van der Waals surface area contributed by atoms with Crippen LogP contribution in [0.3, 0.4) is 0 Å². The molecule has 0 aromatic carbocycles. The van der Waals surface area contributed by atoms with Crippen molar-refractivity contribution in [1.82, 2.24) is 14.9 Å². The van der Waals surface area contributed by atoms with E-state index in [-0.39, 0.29) is 12.5 Å². The molecule has 1 unspecified atom stereocenters. The highest BCUT2D eigenvalue weighted by atomic mass is 16.5. The van der Waals surface area contributed by atoms with E-state index in [9.17, 15) is 4.79 Å². The molecule has 6 nitrogen and oxygen atoms in total. The number of carbonyl (C=O) groups is 1. The van der Waals surface area contributed by atoms with Crippen molar-refractivity contribution in [3.8, 4) is 0 Å². The minimum atomic E-state index is -0.299. The molecule has 1 saturated heterocycles. The monoisotopic (exact) mass is 264 g/mol. The van der Waals surface area contributed by atoms with Crippen LogP contribution in [0.5, 0.6) is 0 Å². The first kappa shape index (κ1) is 13.7. The van der Waals surface area contributed by atoms with Crippen LogP contribution >= 0.6 is 0 Å². The van der Waals surface area contributed by atoms with Gasteiger partial charge in [-0.1, -0.05) is 0 Å². The van der Waals surface area contributed by atoms with E-state index in [1.165, 1.54) is 12.7 Å². The fourth-order valence-corrected chi connectivity index (χ4v) is 2.28. The minimum Gasteiger partial charge on any atom is -0.468 e. The first-order valence-corrected chi connectivity index (χ1v) is 6.38. The number of ether oxygens (including phenoxy) is 1. The Labute approximate surface area is 113 Å². The van der Waals surface area contributed by atoms with Crippen LogP contribution in [-0.4, -0.2) is 61.7 Å². The molecule has 0 saturated carbocycles. The molecule has 104 valence electrons. The lowest BCUT2D eigenvalue weighted by Gasteiger charge is -2.16. The van der Waals surface area contributed by atoms with Gasteiger partial charge in [0.1, 0.15) is 6.54 Å². The number of rotatable bonds is 4. The van der Waals surface area contributed by atoms with Crippen molar-refractivity contribution in [2.45, 2.75) is 12.3 Å². The summed E-state index contributed by atoms with van der Waals surface area (Å²) in [4.78, 5) is 23.8. The standard InChI is InChI=1S/C13H20N4O2/c1-16-5-4-10(8-16)11-6-14-13(15-7-11)17(2)9-12(18)19-3/h6-7,10H,4-5,8-9H2,1-3H3. The zero-order valence-corrected chi connectivity index (χ0v) is 11.7. The maximum absolute atomic E-state index is 11.2. The Morgan fingerprint density at radius 2 is 2.21 bits per heavy atom. The van der Waals surface area contributed by atoms with Crippen molar-refractivity contribution in [3.63, 3.8) is 0 Å². The molecule has 6 heteroatoms. The number of methoxy groups -OCH3 is 1. The van der Waals surface area contributed by atoms with Gasteiger partial charge in [-0.25, -0.2) is 9.97 Å². The van der Waals surface area contributed by atoms with E-state index in [0.29, 0.717) is 11.9 Å².